The highest BCUT2D eigenvalue weighted by atomic mass is 35.5. The third-order valence-electron chi connectivity index (χ3n) is 4.81. The van der Waals surface area contributed by atoms with Gasteiger partial charge in [-0.05, 0) is 61.8 Å². The van der Waals surface area contributed by atoms with Gasteiger partial charge in [0.15, 0.2) is 6.61 Å². The van der Waals surface area contributed by atoms with E-state index in [2.05, 4.69) is 16.3 Å². The Hall–Kier alpha value is -1.95. The summed E-state index contributed by atoms with van der Waals surface area (Å²) in [4.78, 5) is 14.7. The molecule has 0 radical (unpaired) electrons. The molecule has 1 aliphatic rings. The molecular formula is C21H24Cl2N2O3. The highest BCUT2D eigenvalue weighted by Gasteiger charge is 2.24. The first-order chi connectivity index (χ1) is 13.6. The van der Waals surface area contributed by atoms with E-state index >= 15 is 0 Å². The quantitative estimate of drug-likeness (QED) is 0.687. The molecule has 1 fully saturated rings. The van der Waals surface area contributed by atoms with E-state index in [-0.39, 0.29) is 18.6 Å². The largest absolute Gasteiger partial charge is 0.497 e. The topological polar surface area (TPSA) is 50.8 Å². The van der Waals surface area contributed by atoms with E-state index in [1.54, 1.807) is 25.3 Å². The number of hydrogen-bond donors (Lipinski definition) is 1. The van der Waals surface area contributed by atoms with Crippen LogP contribution in [0, 0.1) is 0 Å². The zero-order valence-electron chi connectivity index (χ0n) is 15.8. The van der Waals surface area contributed by atoms with Gasteiger partial charge in [-0.2, -0.15) is 0 Å². The highest BCUT2D eigenvalue weighted by molar-refractivity contribution is 6.35. The van der Waals surface area contributed by atoms with E-state index in [0.717, 1.165) is 24.4 Å². The number of nitrogens with one attached hydrogen (secondary N) is 1. The van der Waals surface area contributed by atoms with E-state index in [1.165, 1.54) is 12.8 Å². The molecule has 0 unspecified atom stereocenters. The maximum absolute atomic E-state index is 12.3. The van der Waals surface area contributed by atoms with Gasteiger partial charge in [0.1, 0.15) is 11.5 Å². The van der Waals surface area contributed by atoms with E-state index in [9.17, 15) is 4.79 Å². The minimum atomic E-state index is -0.196. The summed E-state index contributed by atoms with van der Waals surface area (Å²) >= 11 is 11.9. The lowest BCUT2D eigenvalue weighted by molar-refractivity contribution is -0.123. The van der Waals surface area contributed by atoms with Crippen LogP contribution in [-0.4, -0.2) is 44.2 Å². The molecular weight excluding hydrogens is 399 g/mol. The molecule has 0 bridgehead atoms. The van der Waals surface area contributed by atoms with Crippen LogP contribution in [0.25, 0.3) is 0 Å². The fourth-order valence-electron chi connectivity index (χ4n) is 3.36. The number of ether oxygens (including phenoxy) is 2. The zero-order valence-corrected chi connectivity index (χ0v) is 17.3. The minimum absolute atomic E-state index is 0.0978. The third kappa shape index (κ3) is 5.53. The molecule has 3 rings (SSSR count). The second kappa shape index (κ2) is 10.0. The Morgan fingerprint density at radius 1 is 1.18 bits per heavy atom. The van der Waals surface area contributed by atoms with Crippen LogP contribution in [0.15, 0.2) is 42.5 Å². The molecule has 5 nitrogen and oxygen atoms in total. The molecule has 1 amide bonds. The molecule has 0 spiro atoms. The molecule has 0 aliphatic carbocycles. The van der Waals surface area contributed by atoms with Crippen molar-refractivity contribution in [1.82, 2.24) is 10.2 Å². The molecule has 1 N–H and O–H groups in total. The van der Waals surface area contributed by atoms with Crippen LogP contribution in [0.3, 0.4) is 0 Å². The van der Waals surface area contributed by atoms with Gasteiger partial charge in [-0.15, -0.1) is 0 Å². The Morgan fingerprint density at radius 2 is 1.96 bits per heavy atom. The van der Waals surface area contributed by atoms with Crippen molar-refractivity contribution in [2.45, 2.75) is 18.9 Å². The summed E-state index contributed by atoms with van der Waals surface area (Å²) in [5.74, 6) is 1.05. The predicted molar refractivity (Wildman–Crippen MR) is 112 cm³/mol. The number of benzene rings is 2. The Morgan fingerprint density at radius 3 is 2.68 bits per heavy atom. The van der Waals surface area contributed by atoms with Gasteiger partial charge in [-0.1, -0.05) is 35.3 Å². The van der Waals surface area contributed by atoms with Crippen LogP contribution in [-0.2, 0) is 4.79 Å². The Labute approximate surface area is 175 Å². The van der Waals surface area contributed by atoms with Crippen LogP contribution in [0.4, 0.5) is 0 Å². The number of amides is 1. The van der Waals surface area contributed by atoms with E-state index in [1.807, 2.05) is 18.2 Å². The number of carbonyl (C=O) groups excluding carboxylic acids is 1. The molecule has 1 aliphatic heterocycles. The second-order valence-corrected chi connectivity index (χ2v) is 7.55. The van der Waals surface area contributed by atoms with Crippen molar-refractivity contribution in [1.29, 1.82) is 0 Å². The molecule has 2 aromatic carbocycles. The molecule has 2 aromatic rings. The highest BCUT2D eigenvalue weighted by Crippen LogP contribution is 2.28. The first-order valence-electron chi connectivity index (χ1n) is 9.29. The van der Waals surface area contributed by atoms with Crippen molar-refractivity contribution in [3.63, 3.8) is 0 Å². The molecule has 0 aromatic heterocycles. The summed E-state index contributed by atoms with van der Waals surface area (Å²) in [5, 5.41) is 3.88. The van der Waals surface area contributed by atoms with Gasteiger partial charge in [0.2, 0.25) is 0 Å². The maximum Gasteiger partial charge on any atom is 0.258 e. The first kappa shape index (κ1) is 20.8. The lowest BCUT2D eigenvalue weighted by Crippen LogP contribution is -2.38. The van der Waals surface area contributed by atoms with Crippen LogP contribution >= 0.6 is 23.2 Å². The van der Waals surface area contributed by atoms with Gasteiger partial charge in [0.25, 0.3) is 5.91 Å². The Bertz CT molecular complexity index is 810. The van der Waals surface area contributed by atoms with Crippen LogP contribution < -0.4 is 14.8 Å². The van der Waals surface area contributed by atoms with Crippen molar-refractivity contribution in [3.05, 3.63) is 58.1 Å². The standard InChI is InChI=1S/C21H24Cl2N2O3/c1-27-17-6-4-5-15(11-17)19(25-9-2-3-10-25)13-24-21(26)14-28-20-8-7-16(22)12-18(20)23/h4-8,11-12,19H,2-3,9-10,13-14H2,1H3,(H,24,26)/t19-/m0/s1. The summed E-state index contributed by atoms with van der Waals surface area (Å²) in [6, 6.07) is 13.0. The van der Waals surface area contributed by atoms with Gasteiger partial charge in [0.05, 0.1) is 18.2 Å². The Kier molecular flexibility index (Phi) is 7.43. The SMILES string of the molecule is COc1cccc([C@H](CNC(=O)COc2ccc(Cl)cc2Cl)N2CCCC2)c1. The average Bonchev–Trinajstić information content (AvgIpc) is 3.22. The lowest BCUT2D eigenvalue weighted by atomic mass is 10.0. The van der Waals surface area contributed by atoms with E-state index in [4.69, 9.17) is 32.7 Å². The fraction of sp³-hybridized carbons (Fsp3) is 0.381. The van der Waals surface area contributed by atoms with Gasteiger partial charge < -0.3 is 14.8 Å². The van der Waals surface area contributed by atoms with Crippen molar-refractivity contribution in [2.24, 2.45) is 0 Å². The Balaban J connectivity index is 1.60. The summed E-state index contributed by atoms with van der Waals surface area (Å²) in [5.41, 5.74) is 1.13. The van der Waals surface area contributed by atoms with E-state index in [0.29, 0.717) is 22.3 Å². The van der Waals surface area contributed by atoms with Crippen LogP contribution in [0.2, 0.25) is 10.0 Å². The number of hydrogen-bond acceptors (Lipinski definition) is 4. The first-order valence-corrected chi connectivity index (χ1v) is 10.0. The molecule has 0 saturated carbocycles. The lowest BCUT2D eigenvalue weighted by Gasteiger charge is -2.28. The van der Waals surface area contributed by atoms with Gasteiger partial charge in [-0.3, -0.25) is 9.69 Å². The molecule has 28 heavy (non-hydrogen) atoms. The van der Waals surface area contributed by atoms with Crippen molar-refractivity contribution >= 4 is 29.1 Å². The number of halogens is 2. The summed E-state index contributed by atoms with van der Waals surface area (Å²) < 4.78 is 10.9. The van der Waals surface area contributed by atoms with Crippen LogP contribution in [0.5, 0.6) is 11.5 Å². The zero-order chi connectivity index (χ0) is 19.9. The molecule has 1 atom stereocenters. The molecule has 150 valence electrons. The van der Waals surface area contributed by atoms with Gasteiger partial charge in [-0.25, -0.2) is 0 Å². The van der Waals surface area contributed by atoms with Crippen molar-refractivity contribution < 1.29 is 14.3 Å². The van der Waals surface area contributed by atoms with Crippen molar-refractivity contribution in [2.75, 3.05) is 33.4 Å². The number of nitrogens with zero attached hydrogens (tertiary/aromatic N) is 1. The molecule has 1 heterocycles. The van der Waals surface area contributed by atoms with E-state index < -0.39 is 0 Å². The van der Waals surface area contributed by atoms with Crippen LogP contribution in [0.1, 0.15) is 24.4 Å². The molecule has 1 saturated heterocycles. The summed E-state index contributed by atoms with van der Waals surface area (Å²) in [6.45, 7) is 2.44. The monoisotopic (exact) mass is 422 g/mol. The normalized spacial score (nSPS) is 15.2. The fourth-order valence-corrected chi connectivity index (χ4v) is 3.82. The second-order valence-electron chi connectivity index (χ2n) is 6.70. The van der Waals surface area contributed by atoms with Gasteiger partial charge >= 0.3 is 0 Å². The maximum atomic E-state index is 12.3. The summed E-state index contributed by atoms with van der Waals surface area (Å²) in [7, 11) is 1.66. The average molecular weight is 423 g/mol. The van der Waals surface area contributed by atoms with Crippen molar-refractivity contribution in [3.8, 4) is 11.5 Å². The number of methoxy groups -OCH3 is 1. The predicted octanol–water partition coefficient (Wildman–Crippen LogP) is 4.33. The summed E-state index contributed by atoms with van der Waals surface area (Å²) in [6.07, 6.45) is 2.35. The smallest absolute Gasteiger partial charge is 0.258 e. The number of carbonyl (C=O) groups is 1. The number of rotatable bonds is 8. The molecule has 7 heteroatoms. The third-order valence-corrected chi connectivity index (χ3v) is 5.34. The minimum Gasteiger partial charge on any atom is -0.497 e. The van der Waals surface area contributed by atoms with Gasteiger partial charge in [0, 0.05) is 11.6 Å². The number of likely N-dealkylation sites (tertiary alicyclic amines) is 1.